The summed E-state index contributed by atoms with van der Waals surface area (Å²) < 4.78 is 15.5. The fourth-order valence-corrected chi connectivity index (χ4v) is 3.75. The Balaban J connectivity index is 1.63. The van der Waals surface area contributed by atoms with E-state index in [0.717, 1.165) is 5.69 Å². The van der Waals surface area contributed by atoms with Gasteiger partial charge in [0.15, 0.2) is 0 Å². The zero-order valence-corrected chi connectivity index (χ0v) is 18.3. The molecule has 1 aromatic carbocycles. The number of H-pyrrole nitrogens is 1. The van der Waals surface area contributed by atoms with Gasteiger partial charge >= 0.3 is 0 Å². The summed E-state index contributed by atoms with van der Waals surface area (Å²) in [4.78, 5) is 38.1. The molecule has 0 aliphatic rings. The molecule has 5 rings (SSSR count). The summed E-state index contributed by atoms with van der Waals surface area (Å²) in [6.45, 7) is 3.47. The lowest BCUT2D eigenvalue weighted by atomic mass is 10.0. The molecule has 0 spiro atoms. The molecule has 0 aliphatic heterocycles. The lowest BCUT2D eigenvalue weighted by Crippen LogP contribution is -2.13. The van der Waals surface area contributed by atoms with Crippen molar-refractivity contribution in [2.24, 2.45) is 0 Å². The minimum atomic E-state index is -0.328. The molecule has 9 heteroatoms. The van der Waals surface area contributed by atoms with Crippen molar-refractivity contribution in [3.8, 4) is 22.5 Å². The van der Waals surface area contributed by atoms with Gasteiger partial charge < -0.3 is 5.32 Å². The van der Waals surface area contributed by atoms with Crippen molar-refractivity contribution in [3.63, 3.8) is 0 Å². The fraction of sp³-hybridized carbons (Fsp3) is 0.0800. The number of carbonyl (C=O) groups is 1. The van der Waals surface area contributed by atoms with E-state index in [9.17, 15) is 14.0 Å². The zero-order chi connectivity index (χ0) is 23.8. The number of fused-ring (bicyclic) bond motifs is 1. The number of amides is 1. The average molecular weight is 454 g/mol. The van der Waals surface area contributed by atoms with Crippen LogP contribution in [0.3, 0.4) is 0 Å². The van der Waals surface area contributed by atoms with Crippen LogP contribution in [0.15, 0.2) is 71.9 Å². The molecule has 168 valence electrons. The molecule has 0 radical (unpaired) electrons. The third-order valence-electron chi connectivity index (χ3n) is 5.40. The SMILES string of the molecule is Cc1cc(C(=O)Nc2cc(-c3c(-c4ccc(F)c(C)c4)nc4c(=O)cc[nH]n34)ccn2)ccn1. The summed E-state index contributed by atoms with van der Waals surface area (Å²) in [6.07, 6.45) is 4.65. The number of nitrogens with zero attached hydrogens (tertiary/aromatic N) is 4. The number of aryl methyl sites for hydroxylation is 2. The molecule has 4 aromatic heterocycles. The highest BCUT2D eigenvalue weighted by Crippen LogP contribution is 2.33. The van der Waals surface area contributed by atoms with Gasteiger partial charge in [0.25, 0.3) is 5.91 Å². The third-order valence-corrected chi connectivity index (χ3v) is 5.40. The average Bonchev–Trinajstić information content (AvgIpc) is 3.22. The first-order valence-electron chi connectivity index (χ1n) is 10.5. The van der Waals surface area contributed by atoms with Crippen LogP contribution in [0.25, 0.3) is 28.2 Å². The number of aromatic nitrogens is 5. The Morgan fingerprint density at radius 2 is 1.82 bits per heavy atom. The Morgan fingerprint density at radius 3 is 2.62 bits per heavy atom. The lowest BCUT2D eigenvalue weighted by Gasteiger charge is -2.09. The molecule has 4 heterocycles. The van der Waals surface area contributed by atoms with Crippen LogP contribution in [0.2, 0.25) is 0 Å². The van der Waals surface area contributed by atoms with Crippen LogP contribution in [-0.4, -0.2) is 30.5 Å². The fourth-order valence-electron chi connectivity index (χ4n) is 3.75. The molecule has 2 N–H and O–H groups in total. The van der Waals surface area contributed by atoms with Gasteiger partial charge in [0.2, 0.25) is 11.1 Å². The highest BCUT2D eigenvalue weighted by atomic mass is 19.1. The number of imidazole rings is 1. The topological polar surface area (TPSA) is 105 Å². The highest BCUT2D eigenvalue weighted by molar-refractivity contribution is 6.04. The molecule has 0 saturated heterocycles. The summed E-state index contributed by atoms with van der Waals surface area (Å²) in [7, 11) is 0. The van der Waals surface area contributed by atoms with E-state index in [1.807, 2.05) is 0 Å². The van der Waals surface area contributed by atoms with E-state index in [4.69, 9.17) is 0 Å². The van der Waals surface area contributed by atoms with E-state index in [0.29, 0.717) is 39.5 Å². The standard InChI is InChI=1S/C25H19FN6O2/c1-14-11-16(3-4-19(14)26)22-23(32-24(31-22)20(33)7-10-29-32)17-5-9-28-21(13-17)30-25(34)18-6-8-27-15(2)12-18/h3-13,29H,1-2H3,(H,28,30,34). The summed E-state index contributed by atoms with van der Waals surface area (Å²) >= 11 is 0. The van der Waals surface area contributed by atoms with Crippen LogP contribution < -0.4 is 10.7 Å². The van der Waals surface area contributed by atoms with Gasteiger partial charge in [0.1, 0.15) is 11.6 Å². The highest BCUT2D eigenvalue weighted by Gasteiger charge is 2.19. The summed E-state index contributed by atoms with van der Waals surface area (Å²) in [6, 6.07) is 12.8. The molecular weight excluding hydrogens is 435 g/mol. The lowest BCUT2D eigenvalue weighted by molar-refractivity contribution is 0.102. The molecular formula is C25H19FN6O2. The molecule has 0 atom stereocenters. The Morgan fingerprint density at radius 1 is 1.00 bits per heavy atom. The van der Waals surface area contributed by atoms with Crippen molar-refractivity contribution >= 4 is 17.4 Å². The third kappa shape index (κ3) is 3.83. The van der Waals surface area contributed by atoms with Crippen LogP contribution in [0.5, 0.6) is 0 Å². The van der Waals surface area contributed by atoms with E-state index in [1.54, 1.807) is 67.2 Å². The van der Waals surface area contributed by atoms with Gasteiger partial charge in [-0.2, -0.15) is 0 Å². The predicted octanol–water partition coefficient (Wildman–Crippen LogP) is 4.15. The largest absolute Gasteiger partial charge is 0.307 e. The van der Waals surface area contributed by atoms with Gasteiger partial charge in [-0.3, -0.25) is 19.7 Å². The van der Waals surface area contributed by atoms with Crippen molar-refractivity contribution in [2.75, 3.05) is 5.32 Å². The molecule has 0 saturated carbocycles. The summed E-state index contributed by atoms with van der Waals surface area (Å²) in [5.74, 6) is -0.326. The maximum Gasteiger partial charge on any atom is 0.256 e. The van der Waals surface area contributed by atoms with Crippen molar-refractivity contribution in [1.29, 1.82) is 0 Å². The van der Waals surface area contributed by atoms with Gasteiger partial charge in [-0.1, -0.05) is 0 Å². The van der Waals surface area contributed by atoms with E-state index in [2.05, 4.69) is 25.4 Å². The van der Waals surface area contributed by atoms with E-state index >= 15 is 0 Å². The summed E-state index contributed by atoms with van der Waals surface area (Å²) in [5, 5.41) is 5.83. The normalized spacial score (nSPS) is 11.0. The van der Waals surface area contributed by atoms with Gasteiger partial charge in [0, 0.05) is 47.0 Å². The zero-order valence-electron chi connectivity index (χ0n) is 18.3. The van der Waals surface area contributed by atoms with Crippen molar-refractivity contribution in [1.82, 2.24) is 24.6 Å². The van der Waals surface area contributed by atoms with Gasteiger partial charge in [-0.05, 0) is 61.9 Å². The molecule has 0 unspecified atom stereocenters. The van der Waals surface area contributed by atoms with Crippen molar-refractivity contribution in [2.45, 2.75) is 13.8 Å². The summed E-state index contributed by atoms with van der Waals surface area (Å²) in [5.41, 5.74) is 3.96. The molecule has 34 heavy (non-hydrogen) atoms. The number of anilines is 1. The van der Waals surface area contributed by atoms with Crippen LogP contribution >= 0.6 is 0 Å². The number of benzene rings is 1. The van der Waals surface area contributed by atoms with E-state index in [1.165, 1.54) is 18.3 Å². The molecule has 1 amide bonds. The molecule has 8 nitrogen and oxygen atoms in total. The first-order valence-corrected chi connectivity index (χ1v) is 10.5. The maximum atomic E-state index is 13.9. The van der Waals surface area contributed by atoms with E-state index in [-0.39, 0.29) is 22.8 Å². The second-order valence-corrected chi connectivity index (χ2v) is 7.83. The number of carbonyl (C=O) groups excluding carboxylic acids is 1. The molecule has 0 fully saturated rings. The first-order chi connectivity index (χ1) is 16.4. The number of rotatable bonds is 4. The van der Waals surface area contributed by atoms with Crippen molar-refractivity contribution < 1.29 is 9.18 Å². The smallest absolute Gasteiger partial charge is 0.256 e. The minimum Gasteiger partial charge on any atom is -0.307 e. The number of nitrogens with one attached hydrogen (secondary N) is 2. The Labute approximate surface area is 193 Å². The Kier molecular flexibility index (Phi) is 5.21. The van der Waals surface area contributed by atoms with Crippen LogP contribution in [0, 0.1) is 19.7 Å². The van der Waals surface area contributed by atoms with Crippen LogP contribution in [0.4, 0.5) is 10.2 Å². The van der Waals surface area contributed by atoms with E-state index < -0.39 is 0 Å². The molecule has 0 bridgehead atoms. The number of hydrogen-bond acceptors (Lipinski definition) is 5. The van der Waals surface area contributed by atoms with Gasteiger partial charge in [-0.25, -0.2) is 18.9 Å². The number of pyridine rings is 2. The van der Waals surface area contributed by atoms with Crippen LogP contribution in [0.1, 0.15) is 21.6 Å². The quantitative estimate of drug-likeness (QED) is 0.424. The minimum absolute atomic E-state index is 0.198. The Hall–Kier alpha value is -4.66. The second-order valence-electron chi connectivity index (χ2n) is 7.83. The first kappa shape index (κ1) is 21.2. The Bertz CT molecular complexity index is 1620. The maximum absolute atomic E-state index is 13.9. The van der Waals surface area contributed by atoms with Gasteiger partial charge in [0.05, 0.1) is 11.4 Å². The van der Waals surface area contributed by atoms with Crippen molar-refractivity contribution in [3.05, 3.63) is 100.0 Å². The second kappa shape index (κ2) is 8.36. The monoisotopic (exact) mass is 454 g/mol. The number of hydrogen-bond donors (Lipinski definition) is 2. The molecule has 5 aromatic rings. The number of aromatic amines is 1. The predicted molar refractivity (Wildman–Crippen MR) is 126 cm³/mol. The molecule has 0 aliphatic carbocycles. The number of halogens is 1. The van der Waals surface area contributed by atoms with Crippen LogP contribution in [-0.2, 0) is 0 Å². The van der Waals surface area contributed by atoms with Gasteiger partial charge in [-0.15, -0.1) is 0 Å².